The lowest BCUT2D eigenvalue weighted by Crippen LogP contribution is -2.12. The van der Waals surface area contributed by atoms with Crippen LogP contribution in [0.4, 0.5) is 11.5 Å². The number of halogens is 2. The molecule has 0 bridgehead atoms. The molecule has 0 aliphatic rings. The number of amides is 1. The highest BCUT2D eigenvalue weighted by Crippen LogP contribution is 2.22. The van der Waals surface area contributed by atoms with E-state index in [-0.39, 0.29) is 11.7 Å². The quantitative estimate of drug-likeness (QED) is 0.888. The third kappa shape index (κ3) is 3.12. The van der Waals surface area contributed by atoms with E-state index in [1.54, 1.807) is 24.3 Å². The zero-order chi connectivity index (χ0) is 13.1. The molecule has 0 aliphatic heterocycles. The van der Waals surface area contributed by atoms with Crippen LogP contribution in [0.1, 0.15) is 10.4 Å². The summed E-state index contributed by atoms with van der Waals surface area (Å²) < 4.78 is 0. The van der Waals surface area contributed by atoms with Crippen LogP contribution in [-0.2, 0) is 0 Å². The summed E-state index contributed by atoms with van der Waals surface area (Å²) in [4.78, 5) is 15.7. The lowest BCUT2D eigenvalue weighted by molar-refractivity contribution is 0.102. The van der Waals surface area contributed by atoms with Gasteiger partial charge in [0.15, 0.2) is 0 Å². The molecule has 4 nitrogen and oxygen atoms in total. The van der Waals surface area contributed by atoms with Crippen LogP contribution >= 0.6 is 23.2 Å². The Labute approximate surface area is 114 Å². The van der Waals surface area contributed by atoms with Gasteiger partial charge in [-0.1, -0.05) is 23.2 Å². The molecule has 2 aromatic rings. The van der Waals surface area contributed by atoms with Crippen molar-refractivity contribution < 1.29 is 4.79 Å². The first kappa shape index (κ1) is 12.7. The molecule has 0 saturated carbocycles. The second kappa shape index (κ2) is 5.25. The van der Waals surface area contributed by atoms with Crippen molar-refractivity contribution >= 4 is 40.6 Å². The second-order valence-electron chi connectivity index (χ2n) is 3.58. The molecule has 18 heavy (non-hydrogen) atoms. The Bertz CT molecular complexity index is 581. The fourth-order valence-corrected chi connectivity index (χ4v) is 1.94. The molecule has 92 valence electrons. The number of hydrogen-bond donors (Lipinski definition) is 2. The highest BCUT2D eigenvalue weighted by molar-refractivity contribution is 6.35. The number of pyridine rings is 1. The van der Waals surface area contributed by atoms with Gasteiger partial charge in [-0.2, -0.15) is 0 Å². The number of nitrogens with zero attached hydrogens (tertiary/aromatic N) is 1. The predicted molar refractivity (Wildman–Crippen MR) is 73.1 cm³/mol. The Morgan fingerprint density at radius 3 is 2.44 bits per heavy atom. The molecule has 1 aromatic heterocycles. The van der Waals surface area contributed by atoms with E-state index in [0.29, 0.717) is 21.3 Å². The normalized spacial score (nSPS) is 10.1. The molecular weight excluding hydrogens is 273 g/mol. The maximum absolute atomic E-state index is 11.9. The number of rotatable bonds is 2. The number of carbonyl (C=O) groups excluding carboxylic acids is 1. The molecule has 0 saturated heterocycles. The van der Waals surface area contributed by atoms with Crippen LogP contribution in [0.25, 0.3) is 0 Å². The molecule has 0 fully saturated rings. The Morgan fingerprint density at radius 1 is 1.17 bits per heavy atom. The topological polar surface area (TPSA) is 68.0 Å². The van der Waals surface area contributed by atoms with Crippen molar-refractivity contribution in [3.05, 3.63) is 52.1 Å². The molecule has 6 heteroatoms. The number of carbonyl (C=O) groups is 1. The van der Waals surface area contributed by atoms with Gasteiger partial charge in [0.25, 0.3) is 5.91 Å². The summed E-state index contributed by atoms with van der Waals surface area (Å²) in [5.41, 5.74) is 6.44. The van der Waals surface area contributed by atoms with Crippen LogP contribution in [0.5, 0.6) is 0 Å². The molecule has 0 aliphatic carbocycles. The summed E-state index contributed by atoms with van der Waals surface area (Å²) in [6.45, 7) is 0. The van der Waals surface area contributed by atoms with Gasteiger partial charge in [-0.3, -0.25) is 4.79 Å². The Hall–Kier alpha value is -1.78. The van der Waals surface area contributed by atoms with Gasteiger partial charge < -0.3 is 11.1 Å². The van der Waals surface area contributed by atoms with Gasteiger partial charge in [-0.15, -0.1) is 0 Å². The lowest BCUT2D eigenvalue weighted by Gasteiger charge is -2.06. The fourth-order valence-electron chi connectivity index (χ4n) is 1.42. The van der Waals surface area contributed by atoms with Crippen molar-refractivity contribution in [2.45, 2.75) is 0 Å². The first-order valence-corrected chi connectivity index (χ1v) is 5.79. The number of hydrogen-bond acceptors (Lipinski definition) is 3. The molecule has 0 spiro atoms. The Kier molecular flexibility index (Phi) is 3.69. The minimum absolute atomic E-state index is 0.284. The highest BCUT2D eigenvalue weighted by atomic mass is 35.5. The zero-order valence-corrected chi connectivity index (χ0v) is 10.7. The maximum Gasteiger partial charge on any atom is 0.255 e. The molecule has 1 amide bonds. The van der Waals surface area contributed by atoms with E-state index < -0.39 is 0 Å². The summed E-state index contributed by atoms with van der Waals surface area (Å²) in [7, 11) is 0. The summed E-state index contributed by atoms with van der Waals surface area (Å²) >= 11 is 11.7. The van der Waals surface area contributed by atoms with E-state index >= 15 is 0 Å². The van der Waals surface area contributed by atoms with Gasteiger partial charge in [0, 0.05) is 27.5 Å². The summed E-state index contributed by atoms with van der Waals surface area (Å²) in [6.07, 6.45) is 1.47. The zero-order valence-electron chi connectivity index (χ0n) is 9.15. The number of anilines is 2. The average molecular weight is 282 g/mol. The van der Waals surface area contributed by atoms with Crippen molar-refractivity contribution in [1.82, 2.24) is 4.98 Å². The summed E-state index contributed by atoms with van der Waals surface area (Å²) in [5.74, 6) is -0.0193. The average Bonchev–Trinajstić information content (AvgIpc) is 2.27. The molecule has 1 aromatic carbocycles. The van der Waals surface area contributed by atoms with Crippen LogP contribution in [0.2, 0.25) is 10.0 Å². The van der Waals surface area contributed by atoms with Gasteiger partial charge in [-0.25, -0.2) is 4.98 Å². The largest absolute Gasteiger partial charge is 0.384 e. The monoisotopic (exact) mass is 281 g/mol. The molecule has 3 N–H and O–H groups in total. The van der Waals surface area contributed by atoms with Crippen molar-refractivity contribution in [3.8, 4) is 0 Å². The first-order valence-electron chi connectivity index (χ1n) is 5.03. The molecule has 0 atom stereocenters. The first-order chi connectivity index (χ1) is 8.54. The van der Waals surface area contributed by atoms with Gasteiger partial charge in [0.2, 0.25) is 0 Å². The highest BCUT2D eigenvalue weighted by Gasteiger charge is 2.07. The smallest absolute Gasteiger partial charge is 0.255 e. The molecular formula is C12H9Cl2N3O. The maximum atomic E-state index is 11.9. The van der Waals surface area contributed by atoms with E-state index in [9.17, 15) is 4.79 Å². The SMILES string of the molecule is Nc1cc(C(=O)Nc2cc(Cl)cc(Cl)c2)ccn1. The number of benzene rings is 1. The van der Waals surface area contributed by atoms with E-state index in [1.807, 2.05) is 0 Å². The molecule has 1 heterocycles. The standard InChI is InChI=1S/C12H9Cl2N3O/c13-8-4-9(14)6-10(5-8)17-12(18)7-1-2-16-11(15)3-7/h1-6H,(H2,15,16)(H,17,18). The van der Waals surface area contributed by atoms with Crippen molar-refractivity contribution in [2.75, 3.05) is 11.1 Å². The van der Waals surface area contributed by atoms with Gasteiger partial charge in [-0.05, 0) is 30.3 Å². The van der Waals surface area contributed by atoms with E-state index in [0.717, 1.165) is 0 Å². The number of nitrogens with two attached hydrogens (primary N) is 1. The number of nitrogens with one attached hydrogen (secondary N) is 1. The lowest BCUT2D eigenvalue weighted by atomic mass is 10.2. The van der Waals surface area contributed by atoms with Crippen LogP contribution in [0.3, 0.4) is 0 Å². The van der Waals surface area contributed by atoms with E-state index in [4.69, 9.17) is 28.9 Å². The van der Waals surface area contributed by atoms with Crippen LogP contribution in [0.15, 0.2) is 36.5 Å². The van der Waals surface area contributed by atoms with Crippen molar-refractivity contribution in [3.63, 3.8) is 0 Å². The van der Waals surface area contributed by atoms with Gasteiger partial charge in [0.1, 0.15) is 5.82 Å². The predicted octanol–water partition coefficient (Wildman–Crippen LogP) is 3.22. The third-order valence-electron chi connectivity index (χ3n) is 2.16. The van der Waals surface area contributed by atoms with Crippen LogP contribution < -0.4 is 11.1 Å². The number of aromatic nitrogens is 1. The summed E-state index contributed by atoms with van der Waals surface area (Å²) in [5, 5.41) is 3.58. The second-order valence-corrected chi connectivity index (χ2v) is 4.45. The fraction of sp³-hybridized carbons (Fsp3) is 0. The Morgan fingerprint density at radius 2 is 1.83 bits per heavy atom. The van der Waals surface area contributed by atoms with Crippen LogP contribution in [-0.4, -0.2) is 10.9 Å². The minimum Gasteiger partial charge on any atom is -0.384 e. The van der Waals surface area contributed by atoms with E-state index in [1.165, 1.54) is 12.3 Å². The van der Waals surface area contributed by atoms with Gasteiger partial charge >= 0.3 is 0 Å². The Balaban J connectivity index is 2.21. The van der Waals surface area contributed by atoms with Crippen LogP contribution in [0, 0.1) is 0 Å². The minimum atomic E-state index is -0.303. The van der Waals surface area contributed by atoms with Crippen molar-refractivity contribution in [1.29, 1.82) is 0 Å². The van der Waals surface area contributed by atoms with Crippen molar-refractivity contribution in [2.24, 2.45) is 0 Å². The molecule has 0 unspecified atom stereocenters. The molecule has 0 radical (unpaired) electrons. The number of nitrogen functional groups attached to an aromatic ring is 1. The van der Waals surface area contributed by atoms with E-state index in [2.05, 4.69) is 10.3 Å². The van der Waals surface area contributed by atoms with Gasteiger partial charge in [0.05, 0.1) is 0 Å². The third-order valence-corrected chi connectivity index (χ3v) is 2.60. The molecule has 2 rings (SSSR count). The summed E-state index contributed by atoms with van der Waals surface area (Å²) in [6, 6.07) is 7.86.